The summed E-state index contributed by atoms with van der Waals surface area (Å²) >= 11 is 0. The quantitative estimate of drug-likeness (QED) is 0.669. The van der Waals surface area contributed by atoms with Gasteiger partial charge in [0, 0.05) is 31.3 Å². The number of nitrogens with zero attached hydrogens (tertiary/aromatic N) is 4. The Labute approximate surface area is 134 Å². The summed E-state index contributed by atoms with van der Waals surface area (Å²) < 4.78 is 15.4. The predicted molar refractivity (Wildman–Crippen MR) is 81.0 cm³/mol. The highest BCUT2D eigenvalue weighted by molar-refractivity contribution is 5.70. The van der Waals surface area contributed by atoms with Crippen LogP contribution in [0.4, 0.5) is 14.9 Å². The summed E-state index contributed by atoms with van der Waals surface area (Å²) in [6, 6.07) is 3.46. The fourth-order valence-electron chi connectivity index (χ4n) is 2.16. The fraction of sp³-hybridized carbons (Fsp3) is 0.214. The molecule has 2 rings (SSSR count). The average Bonchev–Trinajstić information content (AvgIpc) is 2.51. The lowest BCUT2D eigenvalue weighted by Crippen LogP contribution is -2.28. The molecule has 0 aliphatic carbocycles. The van der Waals surface area contributed by atoms with Gasteiger partial charge in [-0.2, -0.15) is 9.49 Å². The first-order chi connectivity index (χ1) is 11.2. The molecule has 0 saturated carbocycles. The van der Waals surface area contributed by atoms with Crippen molar-refractivity contribution in [1.29, 1.82) is 0 Å². The monoisotopic (exact) mass is 336 g/mol. The lowest BCUT2D eigenvalue weighted by Gasteiger charge is -2.16. The van der Waals surface area contributed by atoms with Gasteiger partial charge in [0.1, 0.15) is 0 Å². The molecule has 24 heavy (non-hydrogen) atoms. The summed E-state index contributed by atoms with van der Waals surface area (Å²) in [5.74, 6) is -1.16. The molecule has 1 heterocycles. The first kappa shape index (κ1) is 17.1. The smallest absolute Gasteiger partial charge is 0.407 e. The highest BCUT2D eigenvalue weighted by atomic mass is 19.1. The fourth-order valence-corrected chi connectivity index (χ4v) is 2.16. The minimum absolute atomic E-state index is 0.141. The van der Waals surface area contributed by atoms with E-state index in [1.54, 1.807) is 0 Å². The maximum Gasteiger partial charge on any atom is 0.407 e. The van der Waals surface area contributed by atoms with Crippen LogP contribution < -0.4 is 5.56 Å². The standard InChI is InChI=1S/C14H13FN4O5/c1-17(14(21)22)7-8-6-16-18(2)13(20)11(8)9-4-3-5-10(12(9)15)19(23)24/h3-6H,7H2,1-2H3,(H,21,22). The number of benzene rings is 1. The molecule has 0 fully saturated rings. The van der Waals surface area contributed by atoms with E-state index in [2.05, 4.69) is 5.10 Å². The van der Waals surface area contributed by atoms with Gasteiger partial charge in [-0.25, -0.2) is 9.48 Å². The Hall–Kier alpha value is -3.30. The minimum Gasteiger partial charge on any atom is -0.465 e. The molecule has 0 aliphatic rings. The van der Waals surface area contributed by atoms with Gasteiger partial charge in [0.15, 0.2) is 0 Å². The normalized spacial score (nSPS) is 10.5. The zero-order chi connectivity index (χ0) is 18.0. The number of carboxylic acid groups (broad SMARTS) is 1. The molecule has 0 aliphatic heterocycles. The zero-order valence-corrected chi connectivity index (χ0v) is 12.8. The summed E-state index contributed by atoms with van der Waals surface area (Å²) in [6.07, 6.45) is -0.0183. The van der Waals surface area contributed by atoms with E-state index in [0.717, 1.165) is 15.6 Å². The van der Waals surface area contributed by atoms with Crippen LogP contribution >= 0.6 is 0 Å². The summed E-state index contributed by atoms with van der Waals surface area (Å²) in [6.45, 7) is -0.226. The van der Waals surface area contributed by atoms with Crippen LogP contribution in [0, 0.1) is 15.9 Å². The maximum atomic E-state index is 14.5. The third-order valence-corrected chi connectivity index (χ3v) is 3.39. The minimum atomic E-state index is -1.25. The van der Waals surface area contributed by atoms with Gasteiger partial charge >= 0.3 is 11.8 Å². The Balaban J connectivity index is 2.72. The van der Waals surface area contributed by atoms with Crippen LogP contribution in [0.5, 0.6) is 0 Å². The Morgan fingerprint density at radius 1 is 1.50 bits per heavy atom. The Bertz CT molecular complexity index is 880. The number of amides is 1. The van der Waals surface area contributed by atoms with Crippen LogP contribution in [0.25, 0.3) is 11.1 Å². The van der Waals surface area contributed by atoms with Crippen molar-refractivity contribution in [3.63, 3.8) is 0 Å². The molecule has 1 amide bonds. The molecular formula is C14H13FN4O5. The van der Waals surface area contributed by atoms with Gasteiger partial charge in [0.25, 0.3) is 5.56 Å². The van der Waals surface area contributed by atoms with Gasteiger partial charge in [-0.05, 0) is 0 Å². The first-order valence-electron chi connectivity index (χ1n) is 6.66. The SMILES string of the molecule is CN(Cc1cnn(C)c(=O)c1-c1cccc([N+](=O)[O-])c1F)C(=O)O. The van der Waals surface area contributed by atoms with Crippen LogP contribution in [0.1, 0.15) is 5.56 Å². The van der Waals surface area contributed by atoms with E-state index in [-0.39, 0.29) is 23.2 Å². The second kappa shape index (κ2) is 6.44. The van der Waals surface area contributed by atoms with Crippen molar-refractivity contribution in [3.8, 4) is 11.1 Å². The van der Waals surface area contributed by atoms with Crippen molar-refractivity contribution in [3.05, 3.63) is 56.2 Å². The van der Waals surface area contributed by atoms with E-state index in [1.165, 1.54) is 32.4 Å². The van der Waals surface area contributed by atoms with Crippen LogP contribution in [0.15, 0.2) is 29.2 Å². The number of carbonyl (C=O) groups is 1. The molecule has 0 saturated heterocycles. The van der Waals surface area contributed by atoms with Crippen molar-refractivity contribution in [2.24, 2.45) is 7.05 Å². The topological polar surface area (TPSA) is 119 Å². The molecule has 126 valence electrons. The van der Waals surface area contributed by atoms with Crippen LogP contribution in [0.3, 0.4) is 0 Å². The second-order valence-electron chi connectivity index (χ2n) is 5.01. The van der Waals surface area contributed by atoms with Crippen molar-refractivity contribution in [2.45, 2.75) is 6.54 Å². The van der Waals surface area contributed by atoms with E-state index in [9.17, 15) is 24.1 Å². The van der Waals surface area contributed by atoms with Crippen LogP contribution in [-0.2, 0) is 13.6 Å². The molecule has 9 nitrogen and oxygen atoms in total. The molecule has 1 aromatic carbocycles. The molecule has 0 spiro atoms. The third kappa shape index (κ3) is 3.07. The van der Waals surface area contributed by atoms with Gasteiger partial charge in [0.05, 0.1) is 23.2 Å². The van der Waals surface area contributed by atoms with Crippen LogP contribution in [0.2, 0.25) is 0 Å². The summed E-state index contributed by atoms with van der Waals surface area (Å²) in [5.41, 5.74) is -1.76. The highest BCUT2D eigenvalue weighted by Crippen LogP contribution is 2.29. The van der Waals surface area contributed by atoms with Crippen LogP contribution in [-0.4, -0.2) is 37.9 Å². The molecule has 0 bridgehead atoms. The predicted octanol–water partition coefficient (Wildman–Crippen LogP) is 1.60. The molecule has 1 N–H and O–H groups in total. The Kier molecular flexibility index (Phi) is 4.58. The van der Waals surface area contributed by atoms with Crippen molar-refractivity contribution >= 4 is 11.8 Å². The first-order valence-corrected chi connectivity index (χ1v) is 6.66. The Morgan fingerprint density at radius 3 is 2.75 bits per heavy atom. The lowest BCUT2D eigenvalue weighted by molar-refractivity contribution is -0.387. The van der Waals surface area contributed by atoms with E-state index in [4.69, 9.17) is 5.11 Å². The zero-order valence-electron chi connectivity index (χ0n) is 12.8. The number of rotatable bonds is 4. The summed E-state index contributed by atoms with van der Waals surface area (Å²) in [7, 11) is 2.61. The van der Waals surface area contributed by atoms with E-state index >= 15 is 0 Å². The number of halogens is 1. The largest absolute Gasteiger partial charge is 0.465 e. The summed E-state index contributed by atoms with van der Waals surface area (Å²) in [5, 5.41) is 23.6. The van der Waals surface area contributed by atoms with Crippen molar-refractivity contribution < 1.29 is 19.2 Å². The number of nitro groups is 1. The molecule has 0 unspecified atom stereocenters. The van der Waals surface area contributed by atoms with Gasteiger partial charge in [-0.3, -0.25) is 14.9 Å². The molecule has 0 atom stereocenters. The third-order valence-electron chi connectivity index (χ3n) is 3.39. The average molecular weight is 336 g/mol. The highest BCUT2D eigenvalue weighted by Gasteiger charge is 2.23. The van der Waals surface area contributed by atoms with Gasteiger partial charge in [-0.1, -0.05) is 12.1 Å². The number of aryl methyl sites for hydroxylation is 1. The molecule has 0 radical (unpaired) electrons. The van der Waals surface area contributed by atoms with Crippen molar-refractivity contribution in [1.82, 2.24) is 14.7 Å². The van der Waals surface area contributed by atoms with E-state index in [0.29, 0.717) is 0 Å². The second-order valence-corrected chi connectivity index (χ2v) is 5.01. The Morgan fingerprint density at radius 2 is 2.17 bits per heavy atom. The maximum absolute atomic E-state index is 14.5. The molecular weight excluding hydrogens is 323 g/mol. The van der Waals surface area contributed by atoms with E-state index in [1.807, 2.05) is 0 Å². The number of aromatic nitrogens is 2. The molecule has 10 heteroatoms. The number of hydrogen-bond donors (Lipinski definition) is 1. The van der Waals surface area contributed by atoms with Gasteiger partial charge < -0.3 is 10.0 Å². The summed E-state index contributed by atoms with van der Waals surface area (Å²) in [4.78, 5) is 34.2. The van der Waals surface area contributed by atoms with Gasteiger partial charge in [0.2, 0.25) is 5.82 Å². The lowest BCUT2D eigenvalue weighted by atomic mass is 10.0. The number of hydrogen-bond acceptors (Lipinski definition) is 5. The number of nitro benzene ring substituents is 1. The molecule has 1 aromatic heterocycles. The van der Waals surface area contributed by atoms with Gasteiger partial charge in [-0.15, -0.1) is 0 Å². The molecule has 2 aromatic rings. The van der Waals surface area contributed by atoms with Crippen molar-refractivity contribution in [2.75, 3.05) is 7.05 Å². The van der Waals surface area contributed by atoms with E-state index < -0.39 is 28.1 Å².